The third kappa shape index (κ3) is 6.52. The fraction of sp³-hybridized carbons (Fsp3) is 0.938. The zero-order valence-electron chi connectivity index (χ0n) is 17.1. The predicted octanol–water partition coefficient (Wildman–Crippen LogP) is -4.62. The van der Waals surface area contributed by atoms with E-state index < -0.39 is 90.6 Å². The molecule has 0 spiro atoms. The number of carbonyl (C=O) groups is 1. The van der Waals surface area contributed by atoms with Crippen LogP contribution in [-0.4, -0.2) is 128 Å². The number of hydrogen-bond acceptors (Lipinski definition) is 13. The Bertz CT molecular complexity index is 704. The van der Waals surface area contributed by atoms with Crippen molar-refractivity contribution in [3.05, 3.63) is 0 Å². The monoisotopic (exact) mass is 475 g/mol. The van der Waals surface area contributed by atoms with Crippen LogP contribution in [-0.2, 0) is 38.0 Å². The highest BCUT2D eigenvalue weighted by atomic mass is 32.2. The topological polar surface area (TPSA) is 211 Å². The molecule has 182 valence electrons. The second-order valence-electron chi connectivity index (χ2n) is 7.28. The van der Waals surface area contributed by atoms with Crippen LogP contribution >= 0.6 is 0 Å². The first kappa shape index (κ1) is 26.3. The lowest BCUT2D eigenvalue weighted by Crippen LogP contribution is -2.67. The highest BCUT2D eigenvalue weighted by Gasteiger charge is 2.51. The summed E-state index contributed by atoms with van der Waals surface area (Å²) in [7, 11) is -2.67. The average molecular weight is 475 g/mol. The summed E-state index contributed by atoms with van der Waals surface area (Å²) in [5, 5.41) is 52.6. The van der Waals surface area contributed by atoms with Gasteiger partial charge in [0.2, 0.25) is 5.91 Å². The highest BCUT2D eigenvalue weighted by Crippen LogP contribution is 2.29. The van der Waals surface area contributed by atoms with Crippen molar-refractivity contribution in [3.63, 3.8) is 0 Å². The van der Waals surface area contributed by atoms with E-state index >= 15 is 0 Å². The molecule has 2 rings (SSSR count). The average Bonchev–Trinajstić information content (AvgIpc) is 2.69. The molecular weight excluding hydrogens is 446 g/mol. The van der Waals surface area contributed by atoms with E-state index in [1.807, 2.05) is 0 Å². The van der Waals surface area contributed by atoms with Gasteiger partial charge in [-0.2, -0.15) is 8.42 Å². The standard InChI is InChI=1S/C16H29NO13S/c1-6(19)17-9-11(21)14(8(29-15(9)26-2)5-27-31(3,24)25)30-16-13(23)12(22)10(20)7(4-18)28-16/h7-16,18,20-23H,4-5H2,1-3H3,(H,17,19)/t7-,8-,9-,10-,11+,12-,13-,14+,15+,16-/m0/s1. The van der Waals surface area contributed by atoms with Gasteiger partial charge < -0.3 is 49.8 Å². The van der Waals surface area contributed by atoms with Crippen molar-refractivity contribution in [1.82, 2.24) is 5.32 Å². The van der Waals surface area contributed by atoms with E-state index in [0.717, 1.165) is 6.26 Å². The molecule has 0 aromatic heterocycles. The first-order valence-electron chi connectivity index (χ1n) is 9.33. The van der Waals surface area contributed by atoms with Crippen LogP contribution in [0.15, 0.2) is 0 Å². The molecule has 0 radical (unpaired) electrons. The van der Waals surface area contributed by atoms with E-state index in [4.69, 9.17) is 23.1 Å². The Morgan fingerprint density at radius 3 is 2.13 bits per heavy atom. The summed E-state index contributed by atoms with van der Waals surface area (Å²) in [6.07, 6.45) is -12.8. The van der Waals surface area contributed by atoms with Gasteiger partial charge in [0, 0.05) is 14.0 Å². The number of carbonyl (C=O) groups excluding carboxylic acids is 1. The fourth-order valence-electron chi connectivity index (χ4n) is 3.34. The molecule has 15 heteroatoms. The van der Waals surface area contributed by atoms with Gasteiger partial charge in [0.05, 0.1) is 19.5 Å². The lowest BCUT2D eigenvalue weighted by molar-refractivity contribution is -0.346. The maximum Gasteiger partial charge on any atom is 0.264 e. The Balaban J connectivity index is 2.29. The van der Waals surface area contributed by atoms with Gasteiger partial charge in [-0.3, -0.25) is 8.98 Å². The molecule has 0 aromatic rings. The Hall–Kier alpha value is -0.980. The van der Waals surface area contributed by atoms with Gasteiger partial charge in [-0.1, -0.05) is 0 Å². The van der Waals surface area contributed by atoms with Gasteiger partial charge in [-0.25, -0.2) is 0 Å². The van der Waals surface area contributed by atoms with Crippen molar-refractivity contribution in [1.29, 1.82) is 0 Å². The molecule has 0 aliphatic carbocycles. The van der Waals surface area contributed by atoms with Crippen LogP contribution in [0, 0.1) is 0 Å². The Morgan fingerprint density at radius 2 is 1.61 bits per heavy atom. The molecule has 2 fully saturated rings. The van der Waals surface area contributed by atoms with Gasteiger partial charge in [-0.15, -0.1) is 0 Å². The number of amides is 1. The SMILES string of the molecule is CO[C@@H]1O[C@@H](COS(C)(=O)=O)[C@@H](O[C@@H]2O[C@@H](CO)[C@H](O)[C@H](O)[C@@H]2O)[C@H](O)[C@@H]1NC(C)=O. The molecule has 0 bridgehead atoms. The molecule has 2 aliphatic rings. The Labute approximate surface area is 178 Å². The van der Waals surface area contributed by atoms with Gasteiger partial charge in [0.1, 0.15) is 48.8 Å². The van der Waals surface area contributed by atoms with E-state index in [1.165, 1.54) is 14.0 Å². The van der Waals surface area contributed by atoms with Crippen LogP contribution in [0.2, 0.25) is 0 Å². The fourth-order valence-corrected chi connectivity index (χ4v) is 3.72. The maximum atomic E-state index is 11.5. The van der Waals surface area contributed by atoms with Gasteiger partial charge in [0.25, 0.3) is 10.1 Å². The predicted molar refractivity (Wildman–Crippen MR) is 98.7 cm³/mol. The van der Waals surface area contributed by atoms with E-state index in [0.29, 0.717) is 0 Å². The maximum absolute atomic E-state index is 11.5. The minimum Gasteiger partial charge on any atom is -0.394 e. The van der Waals surface area contributed by atoms with Crippen LogP contribution in [0.25, 0.3) is 0 Å². The summed E-state index contributed by atoms with van der Waals surface area (Å²) < 4.78 is 49.1. The first-order valence-corrected chi connectivity index (χ1v) is 11.1. The van der Waals surface area contributed by atoms with Gasteiger partial charge in [-0.05, 0) is 0 Å². The quantitative estimate of drug-likeness (QED) is 0.183. The molecule has 0 aromatic carbocycles. The van der Waals surface area contributed by atoms with E-state index in [2.05, 4.69) is 5.32 Å². The summed E-state index contributed by atoms with van der Waals surface area (Å²) in [6, 6.07) is -1.16. The van der Waals surface area contributed by atoms with Crippen LogP contribution in [0.1, 0.15) is 6.92 Å². The molecule has 1 amide bonds. The Morgan fingerprint density at radius 1 is 1.00 bits per heavy atom. The van der Waals surface area contributed by atoms with E-state index in [9.17, 15) is 38.7 Å². The van der Waals surface area contributed by atoms with Crippen molar-refractivity contribution in [2.24, 2.45) is 0 Å². The number of methoxy groups -OCH3 is 1. The number of rotatable bonds is 8. The van der Waals surface area contributed by atoms with Crippen molar-refractivity contribution in [3.8, 4) is 0 Å². The number of ether oxygens (including phenoxy) is 4. The molecule has 0 unspecified atom stereocenters. The summed E-state index contributed by atoms with van der Waals surface area (Å²) in [4.78, 5) is 11.5. The van der Waals surface area contributed by atoms with Gasteiger partial charge >= 0.3 is 0 Å². The van der Waals surface area contributed by atoms with E-state index in [1.54, 1.807) is 0 Å². The minimum absolute atomic E-state index is 0.535. The van der Waals surface area contributed by atoms with Crippen LogP contribution < -0.4 is 5.32 Å². The summed E-state index contributed by atoms with van der Waals surface area (Å²) >= 11 is 0. The Kier molecular flexibility index (Phi) is 9.12. The molecule has 10 atom stereocenters. The largest absolute Gasteiger partial charge is 0.394 e. The molecule has 0 saturated carbocycles. The van der Waals surface area contributed by atoms with E-state index in [-0.39, 0.29) is 0 Å². The number of aliphatic hydroxyl groups is 5. The minimum atomic E-state index is -3.91. The normalized spacial score (nSPS) is 41.7. The van der Waals surface area contributed by atoms with Crippen molar-refractivity contribution < 1.29 is 61.9 Å². The molecule has 14 nitrogen and oxygen atoms in total. The lowest BCUT2D eigenvalue weighted by Gasteiger charge is -2.47. The lowest BCUT2D eigenvalue weighted by atomic mass is 9.95. The zero-order valence-corrected chi connectivity index (χ0v) is 17.9. The summed E-state index contributed by atoms with van der Waals surface area (Å²) in [5.41, 5.74) is 0. The summed E-state index contributed by atoms with van der Waals surface area (Å²) in [5.74, 6) is -0.535. The second kappa shape index (κ2) is 10.8. The molecule has 31 heavy (non-hydrogen) atoms. The van der Waals surface area contributed by atoms with Gasteiger partial charge in [0.15, 0.2) is 12.6 Å². The highest BCUT2D eigenvalue weighted by molar-refractivity contribution is 7.85. The van der Waals surface area contributed by atoms with Crippen molar-refractivity contribution in [2.45, 2.75) is 68.3 Å². The molecule has 6 N–H and O–H groups in total. The van der Waals surface area contributed by atoms with Crippen molar-refractivity contribution in [2.75, 3.05) is 26.6 Å². The summed E-state index contributed by atoms with van der Waals surface area (Å²) in [6.45, 7) is -0.147. The molecule has 2 aliphatic heterocycles. The third-order valence-electron chi connectivity index (χ3n) is 4.86. The second-order valence-corrected chi connectivity index (χ2v) is 8.93. The zero-order chi connectivity index (χ0) is 23.5. The third-order valence-corrected chi connectivity index (χ3v) is 5.43. The molecular formula is C16H29NO13S. The van der Waals surface area contributed by atoms with Crippen LogP contribution in [0.3, 0.4) is 0 Å². The van der Waals surface area contributed by atoms with Crippen LogP contribution in [0.4, 0.5) is 0 Å². The number of aliphatic hydroxyl groups excluding tert-OH is 5. The van der Waals surface area contributed by atoms with Crippen LogP contribution in [0.5, 0.6) is 0 Å². The van der Waals surface area contributed by atoms with Crippen molar-refractivity contribution >= 4 is 16.0 Å². The number of hydrogen-bond donors (Lipinski definition) is 6. The molecule has 2 saturated heterocycles. The molecule has 2 heterocycles. The first-order chi connectivity index (χ1) is 14.4. The smallest absolute Gasteiger partial charge is 0.264 e. The number of nitrogens with one attached hydrogen (secondary N) is 1.